The smallest absolute Gasteiger partial charge is 0.338 e. The Kier molecular flexibility index (Phi) is 9.17. The lowest BCUT2D eigenvalue weighted by atomic mass is 10.1. The van der Waals surface area contributed by atoms with Crippen LogP contribution in [-0.2, 0) is 24.9 Å². The molecule has 0 aliphatic heterocycles. The number of nitro benzene ring substituents is 2. The fraction of sp³-hybridized carbons (Fsp3) is 0.318. The summed E-state index contributed by atoms with van der Waals surface area (Å²) in [5.74, 6) is -1.10. The maximum absolute atomic E-state index is 13.2. The highest BCUT2D eigenvalue weighted by Crippen LogP contribution is 2.49. The molecule has 15 heteroatoms. The molecule has 1 unspecified atom stereocenters. The topological polar surface area (TPSA) is 179 Å². The molecular formula is C22H24N5O9P. The molecule has 0 amide bonds. The summed E-state index contributed by atoms with van der Waals surface area (Å²) in [5, 5.41) is 30.5. The van der Waals surface area contributed by atoms with Crippen LogP contribution < -0.4 is 0 Å². The SMILES string of the molecule is CCOP(=O)(CC(Cn1cc(-c2ccccc2)nn1)OC(=O)c1cc([N+](=O)[O-])cc([N+](=O)[O-])c1)OCC. The van der Waals surface area contributed by atoms with Crippen molar-refractivity contribution in [3.8, 4) is 11.3 Å². The lowest BCUT2D eigenvalue weighted by Gasteiger charge is -2.23. The van der Waals surface area contributed by atoms with E-state index in [0.717, 1.165) is 23.8 Å². The fourth-order valence-electron chi connectivity index (χ4n) is 3.40. The number of non-ortho nitro benzene ring substituents is 2. The van der Waals surface area contributed by atoms with Gasteiger partial charge < -0.3 is 13.8 Å². The monoisotopic (exact) mass is 533 g/mol. The van der Waals surface area contributed by atoms with Gasteiger partial charge in [-0.2, -0.15) is 0 Å². The van der Waals surface area contributed by atoms with E-state index >= 15 is 0 Å². The number of hydrogen-bond donors (Lipinski definition) is 0. The van der Waals surface area contributed by atoms with Crippen molar-refractivity contribution in [3.63, 3.8) is 0 Å². The predicted octanol–water partition coefficient (Wildman–Crippen LogP) is 4.25. The molecule has 14 nitrogen and oxygen atoms in total. The van der Waals surface area contributed by atoms with Gasteiger partial charge in [0.15, 0.2) is 0 Å². The van der Waals surface area contributed by atoms with Gasteiger partial charge in [0, 0.05) is 17.7 Å². The van der Waals surface area contributed by atoms with Crippen molar-refractivity contribution < 1.29 is 33.0 Å². The summed E-state index contributed by atoms with van der Waals surface area (Å²) in [6.45, 7) is 3.26. The van der Waals surface area contributed by atoms with Gasteiger partial charge in [-0.05, 0) is 13.8 Å². The maximum atomic E-state index is 13.2. The number of esters is 1. The van der Waals surface area contributed by atoms with Gasteiger partial charge in [-0.3, -0.25) is 24.8 Å². The third-order valence-corrected chi connectivity index (χ3v) is 7.07. The van der Waals surface area contributed by atoms with Gasteiger partial charge in [-0.1, -0.05) is 35.5 Å². The van der Waals surface area contributed by atoms with Crippen molar-refractivity contribution in [1.82, 2.24) is 15.0 Å². The second-order valence-electron chi connectivity index (χ2n) is 7.60. The van der Waals surface area contributed by atoms with Crippen LogP contribution in [0.15, 0.2) is 54.7 Å². The summed E-state index contributed by atoms with van der Waals surface area (Å²) in [4.78, 5) is 33.6. The lowest BCUT2D eigenvalue weighted by Crippen LogP contribution is -2.28. The van der Waals surface area contributed by atoms with Gasteiger partial charge >= 0.3 is 13.6 Å². The highest BCUT2D eigenvalue weighted by molar-refractivity contribution is 7.53. The molecule has 0 radical (unpaired) electrons. The lowest BCUT2D eigenvalue weighted by molar-refractivity contribution is -0.394. The number of aromatic nitrogens is 3. The second-order valence-corrected chi connectivity index (χ2v) is 9.70. The molecule has 37 heavy (non-hydrogen) atoms. The van der Waals surface area contributed by atoms with E-state index in [-0.39, 0.29) is 25.9 Å². The molecule has 0 spiro atoms. The molecule has 0 fully saturated rings. The number of benzene rings is 2. The number of nitro groups is 2. The zero-order chi connectivity index (χ0) is 27.0. The summed E-state index contributed by atoms with van der Waals surface area (Å²) < 4.78 is 30.7. The molecule has 3 rings (SSSR count). The molecule has 1 heterocycles. The van der Waals surface area contributed by atoms with Crippen LogP contribution in [0.1, 0.15) is 24.2 Å². The van der Waals surface area contributed by atoms with Gasteiger partial charge in [0.05, 0.1) is 53.6 Å². The molecule has 0 saturated carbocycles. The van der Waals surface area contributed by atoms with Crippen molar-refractivity contribution in [2.45, 2.75) is 26.5 Å². The van der Waals surface area contributed by atoms with E-state index in [4.69, 9.17) is 13.8 Å². The van der Waals surface area contributed by atoms with E-state index in [0.29, 0.717) is 5.69 Å². The Balaban J connectivity index is 1.91. The van der Waals surface area contributed by atoms with Crippen molar-refractivity contribution in [3.05, 3.63) is 80.5 Å². The molecule has 0 saturated heterocycles. The van der Waals surface area contributed by atoms with E-state index in [1.165, 1.54) is 4.68 Å². The van der Waals surface area contributed by atoms with Crippen LogP contribution in [0.25, 0.3) is 11.3 Å². The van der Waals surface area contributed by atoms with Gasteiger partial charge in [-0.15, -0.1) is 5.10 Å². The summed E-state index contributed by atoms with van der Waals surface area (Å²) >= 11 is 0. The Labute approximate surface area is 211 Å². The van der Waals surface area contributed by atoms with E-state index in [1.54, 1.807) is 20.0 Å². The molecule has 2 aromatic carbocycles. The summed E-state index contributed by atoms with van der Waals surface area (Å²) in [6, 6.07) is 11.6. The fourth-order valence-corrected chi connectivity index (χ4v) is 5.16. The summed E-state index contributed by atoms with van der Waals surface area (Å²) in [7, 11) is -3.72. The molecule has 0 N–H and O–H groups in total. The predicted molar refractivity (Wildman–Crippen MR) is 130 cm³/mol. The average Bonchev–Trinajstić information content (AvgIpc) is 3.32. The highest BCUT2D eigenvalue weighted by Gasteiger charge is 2.32. The first-order valence-electron chi connectivity index (χ1n) is 11.1. The van der Waals surface area contributed by atoms with Crippen LogP contribution in [0.3, 0.4) is 0 Å². The Morgan fingerprint density at radius 3 is 2.16 bits per heavy atom. The van der Waals surface area contributed by atoms with Crippen LogP contribution in [-0.4, -0.2) is 56.3 Å². The third kappa shape index (κ3) is 7.49. The zero-order valence-corrected chi connectivity index (χ0v) is 20.9. The van der Waals surface area contributed by atoms with Crippen molar-refractivity contribution in [1.29, 1.82) is 0 Å². The highest BCUT2D eigenvalue weighted by atomic mass is 31.2. The summed E-state index contributed by atoms with van der Waals surface area (Å²) in [5.41, 5.74) is -0.401. The largest absolute Gasteiger partial charge is 0.456 e. The third-order valence-electron chi connectivity index (χ3n) is 4.91. The molecular weight excluding hydrogens is 509 g/mol. The normalized spacial score (nSPS) is 12.2. The minimum absolute atomic E-state index is 0.0660. The summed E-state index contributed by atoms with van der Waals surface area (Å²) in [6.07, 6.45) is 0.0820. The minimum atomic E-state index is -3.72. The zero-order valence-electron chi connectivity index (χ0n) is 20.0. The molecule has 1 atom stereocenters. The molecule has 196 valence electrons. The van der Waals surface area contributed by atoms with Crippen molar-refractivity contribution in [2.24, 2.45) is 0 Å². The van der Waals surface area contributed by atoms with Crippen LogP contribution in [0, 0.1) is 20.2 Å². The van der Waals surface area contributed by atoms with Crippen molar-refractivity contribution >= 4 is 24.9 Å². The Morgan fingerprint density at radius 2 is 1.62 bits per heavy atom. The molecule has 0 aliphatic rings. The van der Waals surface area contributed by atoms with E-state index in [9.17, 15) is 29.6 Å². The minimum Gasteiger partial charge on any atom is -0.456 e. The average molecular weight is 533 g/mol. The van der Waals surface area contributed by atoms with Crippen molar-refractivity contribution in [2.75, 3.05) is 19.4 Å². The first kappa shape index (κ1) is 27.6. The van der Waals surface area contributed by atoms with Gasteiger partial charge in [0.2, 0.25) is 0 Å². The Hall–Kier alpha value is -4.00. The molecule has 3 aromatic rings. The number of ether oxygens (including phenoxy) is 1. The second kappa shape index (κ2) is 12.3. The number of rotatable bonds is 13. The van der Waals surface area contributed by atoms with Crippen LogP contribution in [0.4, 0.5) is 11.4 Å². The quantitative estimate of drug-likeness (QED) is 0.133. The molecule has 0 bridgehead atoms. The van der Waals surface area contributed by atoms with E-state index in [1.807, 2.05) is 30.3 Å². The van der Waals surface area contributed by atoms with Crippen LogP contribution in [0.5, 0.6) is 0 Å². The number of nitrogens with zero attached hydrogens (tertiary/aromatic N) is 5. The van der Waals surface area contributed by atoms with Crippen LogP contribution in [0.2, 0.25) is 0 Å². The van der Waals surface area contributed by atoms with Gasteiger partial charge in [-0.25, -0.2) is 9.48 Å². The van der Waals surface area contributed by atoms with Crippen LogP contribution >= 0.6 is 7.60 Å². The molecule has 1 aromatic heterocycles. The Bertz CT molecular complexity index is 1270. The first-order valence-corrected chi connectivity index (χ1v) is 12.9. The first-order chi connectivity index (χ1) is 17.6. The van der Waals surface area contributed by atoms with Gasteiger partial charge in [0.25, 0.3) is 11.4 Å². The molecule has 0 aliphatic carbocycles. The van der Waals surface area contributed by atoms with Gasteiger partial charge in [0.1, 0.15) is 11.8 Å². The van der Waals surface area contributed by atoms with E-state index in [2.05, 4.69) is 10.3 Å². The standard InChI is InChI=1S/C22H24N5O9P/c1-3-34-37(33,35-4-2)15-20(13-25-14-21(23-24-25)16-8-6-5-7-9-16)36-22(28)17-10-18(26(29)30)12-19(11-17)27(31)32/h5-12,14,20H,3-4,13,15H2,1-2H3. The maximum Gasteiger partial charge on any atom is 0.338 e. The number of carbonyl (C=O) groups excluding carboxylic acids is 1. The number of carbonyl (C=O) groups is 1. The van der Waals surface area contributed by atoms with E-state index < -0.39 is 46.5 Å². The Morgan fingerprint density at radius 1 is 1.03 bits per heavy atom. The number of hydrogen-bond acceptors (Lipinski definition) is 11.